The number of hydrogen-bond acceptors (Lipinski definition) is 3. The highest BCUT2D eigenvalue weighted by molar-refractivity contribution is 5.79. The first-order valence-corrected chi connectivity index (χ1v) is 6.54. The van der Waals surface area contributed by atoms with Crippen molar-refractivity contribution in [3.8, 4) is 0 Å². The number of imidazole rings is 1. The maximum absolute atomic E-state index is 5.83. The molecular formula is C14H19N3O. The molecule has 1 aromatic heterocycles. The van der Waals surface area contributed by atoms with Gasteiger partial charge in [0.2, 0.25) is 0 Å². The second-order valence-corrected chi connectivity index (χ2v) is 4.99. The van der Waals surface area contributed by atoms with Crippen LogP contribution in [0, 0.1) is 0 Å². The fourth-order valence-electron chi connectivity index (χ4n) is 2.42. The fraction of sp³-hybridized carbons (Fsp3) is 0.500. The Hall–Kier alpha value is -1.55. The summed E-state index contributed by atoms with van der Waals surface area (Å²) in [4.78, 5) is 4.76. The molecule has 1 saturated carbocycles. The molecule has 3 rings (SSSR count). The van der Waals surface area contributed by atoms with E-state index >= 15 is 0 Å². The minimum absolute atomic E-state index is 0.654. The van der Waals surface area contributed by atoms with Crippen molar-refractivity contribution in [3.63, 3.8) is 0 Å². The molecule has 1 aliphatic carbocycles. The van der Waals surface area contributed by atoms with Gasteiger partial charge in [-0.1, -0.05) is 0 Å². The molecule has 0 spiro atoms. The molecule has 2 aromatic rings. The third kappa shape index (κ3) is 2.08. The van der Waals surface area contributed by atoms with Gasteiger partial charge in [-0.15, -0.1) is 0 Å². The average molecular weight is 245 g/mol. The van der Waals surface area contributed by atoms with Crippen LogP contribution in [-0.4, -0.2) is 23.3 Å². The van der Waals surface area contributed by atoms with Gasteiger partial charge in [-0.05, 0) is 37.5 Å². The zero-order valence-corrected chi connectivity index (χ0v) is 10.7. The van der Waals surface area contributed by atoms with Gasteiger partial charge in [-0.25, -0.2) is 4.98 Å². The topological polar surface area (TPSA) is 53.1 Å². The molecule has 4 nitrogen and oxygen atoms in total. The van der Waals surface area contributed by atoms with E-state index in [0.717, 1.165) is 30.8 Å². The minimum Gasteiger partial charge on any atom is -0.399 e. The van der Waals surface area contributed by atoms with Crippen LogP contribution >= 0.6 is 0 Å². The zero-order chi connectivity index (χ0) is 12.5. The highest BCUT2D eigenvalue weighted by Crippen LogP contribution is 2.40. The number of aromatic nitrogens is 2. The lowest BCUT2D eigenvalue weighted by Gasteiger charge is -2.08. The van der Waals surface area contributed by atoms with Crippen molar-refractivity contribution in [3.05, 3.63) is 24.0 Å². The lowest BCUT2D eigenvalue weighted by molar-refractivity contribution is 0.190. The van der Waals surface area contributed by atoms with Crippen LogP contribution in [0.2, 0.25) is 0 Å². The van der Waals surface area contributed by atoms with Crippen molar-refractivity contribution in [1.29, 1.82) is 0 Å². The third-order valence-electron chi connectivity index (χ3n) is 3.47. The molecule has 0 radical (unpaired) electrons. The summed E-state index contributed by atoms with van der Waals surface area (Å²) in [5, 5.41) is 0. The number of nitrogens with zero attached hydrogens (tertiary/aromatic N) is 2. The number of fused-ring (bicyclic) bond motifs is 1. The van der Waals surface area contributed by atoms with Crippen LogP contribution in [-0.2, 0) is 11.3 Å². The smallest absolute Gasteiger partial charge is 0.112 e. The summed E-state index contributed by atoms with van der Waals surface area (Å²) in [5.74, 6) is 1.88. The van der Waals surface area contributed by atoms with Crippen molar-refractivity contribution < 1.29 is 4.74 Å². The van der Waals surface area contributed by atoms with Crippen LogP contribution in [0.25, 0.3) is 11.0 Å². The van der Waals surface area contributed by atoms with Gasteiger partial charge in [0.05, 0.1) is 11.0 Å². The van der Waals surface area contributed by atoms with Crippen LogP contribution in [0.15, 0.2) is 18.2 Å². The second kappa shape index (κ2) is 4.61. The average Bonchev–Trinajstić information content (AvgIpc) is 3.13. The number of nitrogen functional groups attached to an aromatic ring is 1. The Kier molecular flexibility index (Phi) is 2.96. The van der Waals surface area contributed by atoms with E-state index < -0.39 is 0 Å². The molecule has 0 saturated heterocycles. The zero-order valence-electron chi connectivity index (χ0n) is 10.7. The number of methoxy groups -OCH3 is 1. The van der Waals surface area contributed by atoms with Gasteiger partial charge in [-0.2, -0.15) is 0 Å². The molecule has 0 amide bonds. The lowest BCUT2D eigenvalue weighted by atomic mass is 10.3. The molecular weight excluding hydrogens is 226 g/mol. The monoisotopic (exact) mass is 245 g/mol. The SMILES string of the molecule is COCCCn1c(C2CC2)nc2cc(N)ccc21. The van der Waals surface area contributed by atoms with E-state index in [-0.39, 0.29) is 0 Å². The summed E-state index contributed by atoms with van der Waals surface area (Å²) in [6.45, 7) is 1.76. The Morgan fingerprint density at radius 1 is 1.44 bits per heavy atom. The quantitative estimate of drug-likeness (QED) is 0.650. The summed E-state index contributed by atoms with van der Waals surface area (Å²) < 4.78 is 7.47. The molecule has 1 heterocycles. The predicted octanol–water partition coefficient (Wildman–Crippen LogP) is 2.53. The van der Waals surface area contributed by atoms with Crippen molar-refractivity contribution >= 4 is 16.7 Å². The summed E-state index contributed by atoms with van der Waals surface area (Å²) in [5.41, 5.74) is 8.83. The maximum Gasteiger partial charge on any atom is 0.112 e. The Morgan fingerprint density at radius 3 is 3.00 bits per heavy atom. The molecule has 0 atom stereocenters. The second-order valence-electron chi connectivity index (χ2n) is 4.99. The number of benzene rings is 1. The molecule has 0 aliphatic heterocycles. The van der Waals surface area contributed by atoms with Crippen molar-refractivity contribution in [1.82, 2.24) is 9.55 Å². The predicted molar refractivity (Wildman–Crippen MR) is 72.6 cm³/mol. The van der Waals surface area contributed by atoms with E-state index in [4.69, 9.17) is 15.5 Å². The molecule has 18 heavy (non-hydrogen) atoms. The summed E-state index contributed by atoms with van der Waals surface area (Å²) in [6, 6.07) is 6.00. The van der Waals surface area contributed by atoms with Crippen LogP contribution in [0.4, 0.5) is 5.69 Å². The van der Waals surface area contributed by atoms with E-state index in [1.54, 1.807) is 7.11 Å². The fourth-order valence-corrected chi connectivity index (χ4v) is 2.42. The molecule has 4 heteroatoms. The number of anilines is 1. The van der Waals surface area contributed by atoms with Crippen LogP contribution < -0.4 is 5.73 Å². The third-order valence-corrected chi connectivity index (χ3v) is 3.47. The minimum atomic E-state index is 0.654. The van der Waals surface area contributed by atoms with E-state index in [1.165, 1.54) is 24.2 Å². The van der Waals surface area contributed by atoms with Crippen LogP contribution in [0.3, 0.4) is 0 Å². The summed E-state index contributed by atoms with van der Waals surface area (Å²) in [6.07, 6.45) is 3.55. The Balaban J connectivity index is 1.99. The largest absolute Gasteiger partial charge is 0.399 e. The molecule has 1 fully saturated rings. The maximum atomic E-state index is 5.83. The van der Waals surface area contributed by atoms with E-state index in [1.807, 2.05) is 12.1 Å². The number of aryl methyl sites for hydroxylation is 1. The molecule has 0 unspecified atom stereocenters. The van der Waals surface area contributed by atoms with Crippen molar-refractivity contribution in [2.24, 2.45) is 0 Å². The normalized spacial score (nSPS) is 15.4. The Labute approximate surface area is 107 Å². The van der Waals surface area contributed by atoms with Gasteiger partial charge >= 0.3 is 0 Å². The highest BCUT2D eigenvalue weighted by Gasteiger charge is 2.29. The van der Waals surface area contributed by atoms with Gasteiger partial charge < -0.3 is 15.0 Å². The van der Waals surface area contributed by atoms with E-state index in [9.17, 15) is 0 Å². The first-order valence-electron chi connectivity index (χ1n) is 6.54. The molecule has 0 bridgehead atoms. The summed E-state index contributed by atoms with van der Waals surface area (Å²) >= 11 is 0. The van der Waals surface area contributed by atoms with Crippen LogP contribution in [0.1, 0.15) is 31.0 Å². The van der Waals surface area contributed by atoms with Gasteiger partial charge in [0.25, 0.3) is 0 Å². The van der Waals surface area contributed by atoms with Gasteiger partial charge in [0.15, 0.2) is 0 Å². The number of nitrogens with two attached hydrogens (primary N) is 1. The highest BCUT2D eigenvalue weighted by atomic mass is 16.5. The van der Waals surface area contributed by atoms with Crippen molar-refractivity contribution in [2.45, 2.75) is 31.7 Å². The van der Waals surface area contributed by atoms with Gasteiger partial charge in [0.1, 0.15) is 5.82 Å². The lowest BCUT2D eigenvalue weighted by Crippen LogP contribution is -2.05. The standard InChI is InChI=1S/C14H19N3O/c1-18-8-2-7-17-13-6-5-11(15)9-12(13)16-14(17)10-3-4-10/h5-6,9-10H,2-4,7-8,15H2,1H3. The van der Waals surface area contributed by atoms with E-state index in [0.29, 0.717) is 5.92 Å². The molecule has 1 aliphatic rings. The molecule has 2 N–H and O–H groups in total. The van der Waals surface area contributed by atoms with Gasteiger partial charge in [-0.3, -0.25) is 0 Å². The van der Waals surface area contributed by atoms with Gasteiger partial charge in [0, 0.05) is 31.9 Å². The Morgan fingerprint density at radius 2 is 2.28 bits per heavy atom. The molecule has 96 valence electrons. The molecule has 1 aromatic carbocycles. The Bertz CT molecular complexity index is 557. The van der Waals surface area contributed by atoms with E-state index in [2.05, 4.69) is 10.6 Å². The number of ether oxygens (including phenoxy) is 1. The number of hydrogen-bond donors (Lipinski definition) is 1. The first-order chi connectivity index (χ1) is 8.79. The van der Waals surface area contributed by atoms with Crippen molar-refractivity contribution in [2.75, 3.05) is 19.5 Å². The van der Waals surface area contributed by atoms with Crippen LogP contribution in [0.5, 0.6) is 0 Å². The first kappa shape index (κ1) is 11.5. The number of rotatable bonds is 5. The summed E-state index contributed by atoms with van der Waals surface area (Å²) in [7, 11) is 1.74.